The molecular weight excluding hydrogens is 644 g/mol. The van der Waals surface area contributed by atoms with Crippen LogP contribution in [-0.2, 0) is 56.0 Å². The van der Waals surface area contributed by atoms with Crippen LogP contribution in [0, 0.1) is 22.7 Å². The Morgan fingerprint density at radius 1 is 0.820 bits per heavy atom. The smallest absolute Gasteiger partial charge is 0.172 e. The second kappa shape index (κ2) is 14.0. The Bertz CT molecular complexity index is 1510. The van der Waals surface area contributed by atoms with Gasteiger partial charge in [0.15, 0.2) is 17.4 Å². The summed E-state index contributed by atoms with van der Waals surface area (Å²) >= 11 is 0. The summed E-state index contributed by atoms with van der Waals surface area (Å²) in [4.78, 5) is 30.7. The molecule has 1 heterocycles. The van der Waals surface area contributed by atoms with Gasteiger partial charge in [0, 0.05) is 24.9 Å². The molecule has 8 atom stereocenters. The third-order valence-electron chi connectivity index (χ3n) is 11.9. The van der Waals surface area contributed by atoms with Gasteiger partial charge in [-0.25, -0.2) is 0 Å². The van der Waals surface area contributed by atoms with Gasteiger partial charge in [0.25, 0.3) is 0 Å². The van der Waals surface area contributed by atoms with E-state index in [2.05, 4.69) is 0 Å². The summed E-state index contributed by atoms with van der Waals surface area (Å²) in [6, 6.07) is 17.2. The van der Waals surface area contributed by atoms with Crippen molar-refractivity contribution < 1.29 is 52.6 Å². The van der Waals surface area contributed by atoms with E-state index in [-0.39, 0.29) is 45.4 Å². The Hall–Kier alpha value is -2.74. The zero-order valence-electron chi connectivity index (χ0n) is 30.3. The summed E-state index contributed by atoms with van der Waals surface area (Å²) < 4.78 is 49.2. The van der Waals surface area contributed by atoms with Crippen molar-refractivity contribution in [1.29, 1.82) is 0 Å². The van der Waals surface area contributed by atoms with Gasteiger partial charge in [-0.3, -0.25) is 9.59 Å². The van der Waals surface area contributed by atoms with Crippen molar-refractivity contribution in [2.24, 2.45) is 22.7 Å². The maximum atomic E-state index is 15.4. The van der Waals surface area contributed by atoms with E-state index < -0.39 is 63.8 Å². The zero-order valence-corrected chi connectivity index (χ0v) is 30.3. The molecule has 2 aromatic carbocycles. The van der Waals surface area contributed by atoms with E-state index in [0.29, 0.717) is 18.8 Å². The maximum absolute atomic E-state index is 15.4. The minimum atomic E-state index is -1.80. The summed E-state index contributed by atoms with van der Waals surface area (Å²) in [7, 11) is 3.11. The average Bonchev–Trinajstić information content (AvgIpc) is 3.55. The van der Waals surface area contributed by atoms with Crippen LogP contribution in [0.3, 0.4) is 0 Å². The van der Waals surface area contributed by atoms with E-state index >= 15 is 9.59 Å². The van der Waals surface area contributed by atoms with Crippen LogP contribution in [0.5, 0.6) is 5.75 Å². The highest BCUT2D eigenvalue weighted by Crippen LogP contribution is 2.63. The lowest BCUT2D eigenvalue weighted by molar-refractivity contribution is -0.275. The molecule has 50 heavy (non-hydrogen) atoms. The first-order valence-corrected chi connectivity index (χ1v) is 17.5. The van der Waals surface area contributed by atoms with E-state index in [9.17, 15) is 5.11 Å². The van der Waals surface area contributed by atoms with Crippen molar-refractivity contribution in [2.75, 3.05) is 34.4 Å². The molecule has 11 nitrogen and oxygen atoms in total. The second-order valence-corrected chi connectivity index (χ2v) is 15.4. The number of ether oxygens (including phenoxy) is 8. The minimum absolute atomic E-state index is 0.0344. The molecule has 3 saturated carbocycles. The fraction of sp³-hybridized carbons (Fsp3) is 0.641. The third kappa shape index (κ3) is 6.23. The minimum Gasteiger partial charge on any atom is -0.497 e. The van der Waals surface area contributed by atoms with Gasteiger partial charge in [0.1, 0.15) is 36.6 Å². The monoisotopic (exact) mass is 696 g/mol. The number of carbonyl (C=O) groups is 2. The maximum Gasteiger partial charge on any atom is 0.172 e. The highest BCUT2D eigenvalue weighted by atomic mass is 16.8. The number of benzene rings is 2. The van der Waals surface area contributed by atoms with E-state index in [1.54, 1.807) is 27.9 Å². The van der Waals surface area contributed by atoms with Crippen molar-refractivity contribution in [3.05, 3.63) is 65.7 Å². The van der Waals surface area contributed by atoms with Crippen LogP contribution in [0.4, 0.5) is 0 Å². The van der Waals surface area contributed by atoms with Crippen LogP contribution in [0.2, 0.25) is 0 Å². The largest absolute Gasteiger partial charge is 0.497 e. The molecule has 0 unspecified atom stereocenters. The van der Waals surface area contributed by atoms with Gasteiger partial charge in [-0.1, -0.05) is 56.3 Å². The summed E-state index contributed by atoms with van der Waals surface area (Å²) in [5, 5.41) is 12.6. The highest BCUT2D eigenvalue weighted by molar-refractivity contribution is 6.01. The molecule has 1 saturated heterocycles. The Labute approximate surface area is 294 Å². The molecule has 2 bridgehead atoms. The van der Waals surface area contributed by atoms with E-state index in [0.717, 1.165) is 11.1 Å². The lowest BCUT2D eigenvalue weighted by atomic mass is 9.48. The van der Waals surface area contributed by atoms with E-state index in [4.69, 9.17) is 37.9 Å². The molecule has 3 aliphatic carbocycles. The Kier molecular flexibility index (Phi) is 10.4. The fourth-order valence-electron chi connectivity index (χ4n) is 9.04. The normalized spacial score (nSPS) is 35.9. The zero-order chi connectivity index (χ0) is 36.0. The van der Waals surface area contributed by atoms with E-state index in [1.807, 2.05) is 68.4 Å². The van der Waals surface area contributed by atoms with Gasteiger partial charge < -0.3 is 43.0 Å². The molecule has 4 fully saturated rings. The van der Waals surface area contributed by atoms with Gasteiger partial charge in [-0.05, 0) is 56.9 Å². The number of fused-ring (bicyclic) bond motifs is 4. The highest BCUT2D eigenvalue weighted by Gasteiger charge is 2.77. The second-order valence-electron chi connectivity index (χ2n) is 15.4. The number of Topliss-reactive ketones (excluding diaryl/α,β-unsaturated/α-hetero) is 2. The average molecular weight is 697 g/mol. The number of hydrogen-bond donors (Lipinski definition) is 1. The van der Waals surface area contributed by atoms with Crippen LogP contribution >= 0.6 is 0 Å². The van der Waals surface area contributed by atoms with Crippen molar-refractivity contribution in [2.45, 2.75) is 102 Å². The third-order valence-corrected chi connectivity index (χ3v) is 11.9. The van der Waals surface area contributed by atoms with Crippen LogP contribution in [0.1, 0.15) is 65.0 Å². The Balaban J connectivity index is 1.44. The van der Waals surface area contributed by atoms with Crippen LogP contribution in [0.15, 0.2) is 54.6 Å². The molecule has 1 aliphatic heterocycles. The molecule has 1 spiro atoms. The first kappa shape index (κ1) is 37.0. The van der Waals surface area contributed by atoms with E-state index in [1.165, 1.54) is 7.11 Å². The molecule has 2 aromatic rings. The van der Waals surface area contributed by atoms with Gasteiger partial charge in [-0.2, -0.15) is 0 Å². The standard InChI is InChI=1S/C39H52O11/c1-35(2)28-17-18-39(35,42)34(41)32-37(5,33(40)31(28)48-23-43-6)29(47-24-45-20-25-11-9-8-10-12-25)19-30(38(32)22-49-36(3,4)50-38)46-21-26-13-15-27(44-7)16-14-26/h8-16,28-32,42H,17-24H2,1-7H3/t28-,29+,30+,31-,32+,37-,38+,39+/m1/s1. The summed E-state index contributed by atoms with van der Waals surface area (Å²) in [5.41, 5.74) is -3.95. The lowest BCUT2D eigenvalue weighted by Gasteiger charge is -2.59. The molecule has 6 rings (SSSR count). The topological polar surface area (TPSA) is 128 Å². The number of hydrogen-bond acceptors (Lipinski definition) is 11. The molecule has 11 heteroatoms. The van der Waals surface area contributed by atoms with Crippen LogP contribution < -0.4 is 4.74 Å². The van der Waals surface area contributed by atoms with Crippen molar-refractivity contribution in [3.8, 4) is 5.75 Å². The van der Waals surface area contributed by atoms with Gasteiger partial charge in [0.2, 0.25) is 0 Å². The summed E-state index contributed by atoms with van der Waals surface area (Å²) in [6.07, 6.45) is -1.88. The molecule has 0 radical (unpaired) electrons. The number of carbonyl (C=O) groups excluding carboxylic acids is 2. The van der Waals surface area contributed by atoms with Crippen molar-refractivity contribution in [1.82, 2.24) is 0 Å². The van der Waals surface area contributed by atoms with Gasteiger partial charge in [-0.15, -0.1) is 0 Å². The fourth-order valence-corrected chi connectivity index (χ4v) is 9.04. The molecule has 0 amide bonds. The molecular formula is C39H52O11. The predicted molar refractivity (Wildman–Crippen MR) is 181 cm³/mol. The SMILES string of the molecule is COCO[C@H]1C(=O)[C@]2(C)[C@@H](OCOCc3ccccc3)C[C@H](OCc3ccc(OC)cc3)[C@@]3(COC(C)(C)O3)[C@H]2C(=O)[C@@]2(O)CC[C@H]1C2(C)C. The first-order valence-electron chi connectivity index (χ1n) is 17.5. The van der Waals surface area contributed by atoms with Crippen LogP contribution in [0.25, 0.3) is 0 Å². The Morgan fingerprint density at radius 3 is 2.16 bits per heavy atom. The summed E-state index contributed by atoms with van der Waals surface area (Å²) in [6.45, 7) is 9.16. The quantitative estimate of drug-likeness (QED) is 0.238. The number of rotatable bonds is 12. The van der Waals surface area contributed by atoms with Crippen LogP contribution in [-0.4, -0.2) is 86.4 Å². The molecule has 4 aliphatic rings. The van der Waals surface area contributed by atoms with Crippen molar-refractivity contribution in [3.63, 3.8) is 0 Å². The Morgan fingerprint density at radius 2 is 1.52 bits per heavy atom. The lowest BCUT2D eigenvalue weighted by Crippen LogP contribution is -2.75. The molecule has 1 N–H and O–H groups in total. The first-order chi connectivity index (χ1) is 23.7. The van der Waals surface area contributed by atoms with Gasteiger partial charge >= 0.3 is 0 Å². The molecule has 274 valence electrons. The number of methoxy groups -OCH3 is 2. The molecule has 0 aromatic heterocycles. The summed E-state index contributed by atoms with van der Waals surface area (Å²) in [5.74, 6) is -2.85. The van der Waals surface area contributed by atoms with Gasteiger partial charge in [0.05, 0.1) is 50.5 Å². The predicted octanol–water partition coefficient (Wildman–Crippen LogP) is 5.00. The van der Waals surface area contributed by atoms with Crippen molar-refractivity contribution >= 4 is 11.6 Å². The number of aliphatic hydroxyl groups is 1. The number of ketones is 2.